The quantitative estimate of drug-likeness (QED) is 0.832. The summed E-state index contributed by atoms with van der Waals surface area (Å²) in [6.07, 6.45) is 10.9. The smallest absolute Gasteiger partial charge is 0.0223 e. The second-order valence-electron chi connectivity index (χ2n) is 5.61. The number of nitrogens with one attached hydrogen (secondary N) is 1. The van der Waals surface area contributed by atoms with E-state index in [9.17, 15) is 0 Å². The summed E-state index contributed by atoms with van der Waals surface area (Å²) in [5.41, 5.74) is 0. The van der Waals surface area contributed by atoms with Gasteiger partial charge in [0.15, 0.2) is 0 Å². The van der Waals surface area contributed by atoms with Gasteiger partial charge in [0.25, 0.3) is 0 Å². The van der Waals surface area contributed by atoms with Gasteiger partial charge in [-0.2, -0.15) is 11.8 Å². The summed E-state index contributed by atoms with van der Waals surface area (Å²) >= 11 is 1.98. The molecule has 2 aliphatic rings. The summed E-state index contributed by atoms with van der Waals surface area (Å²) in [7, 11) is 0. The van der Waals surface area contributed by atoms with Gasteiger partial charge in [-0.1, -0.05) is 19.3 Å². The molecule has 1 saturated heterocycles. The van der Waals surface area contributed by atoms with Gasteiger partial charge in [0.2, 0.25) is 0 Å². The lowest BCUT2D eigenvalue weighted by atomic mass is 9.83. The molecule has 1 aliphatic carbocycles. The summed E-state index contributed by atoms with van der Waals surface area (Å²) in [4.78, 5) is 2.69. The first-order valence-electron chi connectivity index (χ1n) is 7.35. The minimum Gasteiger partial charge on any atom is -0.312 e. The van der Waals surface area contributed by atoms with E-state index in [1.807, 2.05) is 11.8 Å². The zero-order valence-corrected chi connectivity index (χ0v) is 12.1. The molecule has 1 heterocycles. The van der Waals surface area contributed by atoms with Gasteiger partial charge in [-0.05, 0) is 44.5 Å². The van der Waals surface area contributed by atoms with Crippen molar-refractivity contribution in [3.8, 4) is 0 Å². The van der Waals surface area contributed by atoms with Crippen LogP contribution in [-0.2, 0) is 0 Å². The van der Waals surface area contributed by atoms with Crippen LogP contribution in [0.4, 0.5) is 0 Å². The molecular formula is C14H28N2S. The molecule has 17 heavy (non-hydrogen) atoms. The maximum absolute atomic E-state index is 3.81. The number of nitrogens with zero attached hydrogens (tertiary/aromatic N) is 1. The first-order chi connectivity index (χ1) is 8.40. The minimum absolute atomic E-state index is 0.777. The van der Waals surface area contributed by atoms with E-state index in [4.69, 9.17) is 0 Å². The summed E-state index contributed by atoms with van der Waals surface area (Å²) in [6.45, 7) is 5.12. The van der Waals surface area contributed by atoms with Gasteiger partial charge in [-0.25, -0.2) is 0 Å². The van der Waals surface area contributed by atoms with E-state index < -0.39 is 0 Å². The molecule has 0 aromatic heterocycles. The van der Waals surface area contributed by atoms with Crippen LogP contribution in [0.5, 0.6) is 0 Å². The lowest BCUT2D eigenvalue weighted by Gasteiger charge is -2.32. The zero-order valence-electron chi connectivity index (χ0n) is 11.3. The molecule has 1 saturated carbocycles. The average molecular weight is 256 g/mol. The van der Waals surface area contributed by atoms with Crippen LogP contribution in [0.25, 0.3) is 0 Å². The third-order valence-electron chi connectivity index (χ3n) is 4.34. The predicted octanol–water partition coefficient (Wildman–Crippen LogP) is 2.59. The molecule has 0 spiro atoms. The van der Waals surface area contributed by atoms with Crippen molar-refractivity contribution < 1.29 is 0 Å². The fourth-order valence-electron chi connectivity index (χ4n) is 3.30. The summed E-state index contributed by atoms with van der Waals surface area (Å²) in [5, 5.41) is 3.81. The topological polar surface area (TPSA) is 15.3 Å². The van der Waals surface area contributed by atoms with Crippen LogP contribution in [0.2, 0.25) is 0 Å². The second kappa shape index (κ2) is 7.65. The Bertz CT molecular complexity index is 204. The van der Waals surface area contributed by atoms with Gasteiger partial charge >= 0.3 is 0 Å². The van der Waals surface area contributed by atoms with Gasteiger partial charge in [-0.3, -0.25) is 0 Å². The highest BCUT2D eigenvalue weighted by molar-refractivity contribution is 7.98. The van der Waals surface area contributed by atoms with Crippen molar-refractivity contribution in [3.05, 3.63) is 0 Å². The Kier molecular flexibility index (Phi) is 6.16. The molecule has 0 bridgehead atoms. The largest absolute Gasteiger partial charge is 0.312 e. The first-order valence-corrected chi connectivity index (χ1v) is 8.74. The van der Waals surface area contributed by atoms with Crippen molar-refractivity contribution in [2.24, 2.45) is 5.92 Å². The second-order valence-corrected chi connectivity index (χ2v) is 6.59. The van der Waals surface area contributed by atoms with E-state index in [0.717, 1.165) is 12.0 Å². The SMILES string of the molecule is CSCCN1CCCNC(C2CCCCC2)C1. The van der Waals surface area contributed by atoms with Crippen molar-refractivity contribution >= 4 is 11.8 Å². The van der Waals surface area contributed by atoms with Gasteiger partial charge in [-0.15, -0.1) is 0 Å². The third kappa shape index (κ3) is 4.46. The molecule has 1 N–H and O–H groups in total. The van der Waals surface area contributed by atoms with E-state index in [1.165, 1.54) is 70.5 Å². The van der Waals surface area contributed by atoms with Crippen molar-refractivity contribution in [1.29, 1.82) is 0 Å². The molecule has 2 rings (SSSR count). The van der Waals surface area contributed by atoms with Gasteiger partial charge < -0.3 is 10.2 Å². The van der Waals surface area contributed by atoms with Gasteiger partial charge in [0, 0.05) is 24.9 Å². The highest BCUT2D eigenvalue weighted by Crippen LogP contribution is 2.27. The molecule has 0 amide bonds. The molecule has 1 aliphatic heterocycles. The fraction of sp³-hybridized carbons (Fsp3) is 1.00. The monoisotopic (exact) mass is 256 g/mol. The Morgan fingerprint density at radius 3 is 2.76 bits per heavy atom. The Hall–Kier alpha value is 0.270. The fourth-order valence-corrected chi connectivity index (χ4v) is 3.74. The zero-order chi connectivity index (χ0) is 11.9. The lowest BCUT2D eigenvalue weighted by Crippen LogP contribution is -2.44. The standard InChI is InChI=1S/C14H28N2S/c1-17-11-10-16-9-5-8-15-14(12-16)13-6-3-2-4-7-13/h13-15H,2-12H2,1H3. The van der Waals surface area contributed by atoms with Crippen LogP contribution in [0.1, 0.15) is 38.5 Å². The number of rotatable bonds is 4. The predicted molar refractivity (Wildman–Crippen MR) is 77.8 cm³/mol. The van der Waals surface area contributed by atoms with Crippen molar-refractivity contribution in [1.82, 2.24) is 10.2 Å². The van der Waals surface area contributed by atoms with Crippen molar-refractivity contribution in [3.63, 3.8) is 0 Å². The molecule has 2 fully saturated rings. The molecule has 1 unspecified atom stereocenters. The summed E-state index contributed by atoms with van der Waals surface area (Å²) in [5.74, 6) is 2.25. The van der Waals surface area contributed by atoms with Gasteiger partial charge in [0.1, 0.15) is 0 Å². The Morgan fingerprint density at radius 1 is 1.18 bits per heavy atom. The molecule has 0 aromatic rings. The van der Waals surface area contributed by atoms with Crippen molar-refractivity contribution in [2.75, 3.05) is 38.2 Å². The maximum atomic E-state index is 3.81. The van der Waals surface area contributed by atoms with Crippen molar-refractivity contribution in [2.45, 2.75) is 44.6 Å². The van der Waals surface area contributed by atoms with Crippen LogP contribution in [0, 0.1) is 5.92 Å². The summed E-state index contributed by atoms with van der Waals surface area (Å²) < 4.78 is 0. The maximum Gasteiger partial charge on any atom is 0.0223 e. The highest BCUT2D eigenvalue weighted by atomic mass is 32.2. The van der Waals surface area contributed by atoms with E-state index in [-0.39, 0.29) is 0 Å². The van der Waals surface area contributed by atoms with Gasteiger partial charge in [0.05, 0.1) is 0 Å². The van der Waals surface area contributed by atoms with E-state index in [0.29, 0.717) is 0 Å². The number of thioether (sulfide) groups is 1. The Balaban J connectivity index is 1.82. The molecule has 100 valence electrons. The normalized spacial score (nSPS) is 29.1. The van der Waals surface area contributed by atoms with Crippen LogP contribution in [0.3, 0.4) is 0 Å². The van der Waals surface area contributed by atoms with E-state index in [2.05, 4.69) is 16.5 Å². The highest BCUT2D eigenvalue weighted by Gasteiger charge is 2.26. The molecule has 0 aromatic carbocycles. The lowest BCUT2D eigenvalue weighted by molar-refractivity contribution is 0.213. The number of hydrogen-bond acceptors (Lipinski definition) is 3. The molecular weight excluding hydrogens is 228 g/mol. The molecule has 3 heteroatoms. The van der Waals surface area contributed by atoms with Crippen LogP contribution in [0.15, 0.2) is 0 Å². The average Bonchev–Trinajstić information content (AvgIpc) is 2.63. The van der Waals surface area contributed by atoms with E-state index >= 15 is 0 Å². The molecule has 1 atom stereocenters. The Morgan fingerprint density at radius 2 is 2.00 bits per heavy atom. The third-order valence-corrected chi connectivity index (χ3v) is 4.93. The first kappa shape index (κ1) is 13.7. The molecule has 2 nitrogen and oxygen atoms in total. The van der Waals surface area contributed by atoms with Crippen LogP contribution < -0.4 is 5.32 Å². The molecule has 0 radical (unpaired) electrons. The van der Waals surface area contributed by atoms with E-state index in [1.54, 1.807) is 0 Å². The van der Waals surface area contributed by atoms with Crippen LogP contribution in [-0.4, -0.2) is 49.1 Å². The summed E-state index contributed by atoms with van der Waals surface area (Å²) in [6, 6.07) is 0.777. The Labute approximate surface area is 111 Å². The minimum atomic E-state index is 0.777. The van der Waals surface area contributed by atoms with Crippen LogP contribution >= 0.6 is 11.8 Å². The number of hydrogen-bond donors (Lipinski definition) is 1.